The highest BCUT2D eigenvalue weighted by atomic mass is 16.5. The summed E-state index contributed by atoms with van der Waals surface area (Å²) < 4.78 is 5.41. The summed E-state index contributed by atoms with van der Waals surface area (Å²) >= 11 is 0. The van der Waals surface area contributed by atoms with E-state index in [1.54, 1.807) is 38.4 Å². The first kappa shape index (κ1) is 17.0. The Balaban J connectivity index is 2.17. The number of nitrogens with zero attached hydrogens (tertiary/aromatic N) is 2. The number of carbonyl (C=O) groups is 1. The second-order valence-corrected chi connectivity index (χ2v) is 4.84. The van der Waals surface area contributed by atoms with Gasteiger partial charge in [0, 0.05) is 33.6 Å². The van der Waals surface area contributed by atoms with Crippen LogP contribution in [0.4, 0.5) is 0 Å². The van der Waals surface area contributed by atoms with Gasteiger partial charge in [-0.25, -0.2) is 0 Å². The first-order valence-corrected chi connectivity index (χ1v) is 6.75. The Hall–Kier alpha value is -2.10. The fraction of sp³-hybridized carbons (Fsp3) is 0.467. The molecular formula is C15H21N3O3. The molecule has 0 aliphatic heterocycles. The van der Waals surface area contributed by atoms with Crippen molar-refractivity contribution < 1.29 is 14.6 Å². The highest BCUT2D eigenvalue weighted by Gasteiger charge is 2.07. The van der Waals surface area contributed by atoms with Crippen LogP contribution in [-0.4, -0.2) is 55.8 Å². The van der Waals surface area contributed by atoms with Crippen molar-refractivity contribution >= 4 is 5.91 Å². The van der Waals surface area contributed by atoms with E-state index in [0.717, 1.165) is 0 Å². The number of nitriles is 1. The van der Waals surface area contributed by atoms with Crippen LogP contribution in [0, 0.1) is 11.3 Å². The molecule has 1 amide bonds. The maximum atomic E-state index is 11.3. The van der Waals surface area contributed by atoms with E-state index in [1.165, 1.54) is 4.90 Å². The third kappa shape index (κ3) is 6.75. The highest BCUT2D eigenvalue weighted by molar-refractivity contribution is 5.75. The predicted octanol–water partition coefficient (Wildman–Crippen LogP) is 0.366. The summed E-state index contributed by atoms with van der Waals surface area (Å²) in [6, 6.07) is 8.72. The third-order valence-electron chi connectivity index (χ3n) is 2.82. The van der Waals surface area contributed by atoms with Gasteiger partial charge in [0.05, 0.1) is 11.6 Å². The molecule has 1 rings (SSSR count). The number of rotatable bonds is 8. The van der Waals surface area contributed by atoms with Gasteiger partial charge in [-0.15, -0.1) is 0 Å². The van der Waals surface area contributed by atoms with Crippen molar-refractivity contribution in [1.29, 1.82) is 5.26 Å². The molecule has 1 unspecified atom stereocenters. The molecule has 114 valence electrons. The Kier molecular flexibility index (Phi) is 7.23. The molecule has 0 aliphatic rings. The van der Waals surface area contributed by atoms with Crippen molar-refractivity contribution in [3.63, 3.8) is 0 Å². The minimum Gasteiger partial charge on any atom is -0.491 e. The van der Waals surface area contributed by atoms with Crippen molar-refractivity contribution in [3.8, 4) is 11.8 Å². The largest absolute Gasteiger partial charge is 0.491 e. The number of aliphatic hydroxyl groups is 1. The van der Waals surface area contributed by atoms with Crippen molar-refractivity contribution in [2.45, 2.75) is 12.5 Å². The molecular weight excluding hydrogens is 270 g/mol. The molecule has 0 radical (unpaired) electrons. The Morgan fingerprint density at radius 1 is 1.43 bits per heavy atom. The smallest absolute Gasteiger partial charge is 0.223 e. The van der Waals surface area contributed by atoms with E-state index in [1.807, 2.05) is 6.07 Å². The molecule has 2 N–H and O–H groups in total. The summed E-state index contributed by atoms with van der Waals surface area (Å²) in [5.41, 5.74) is 0.565. The van der Waals surface area contributed by atoms with E-state index < -0.39 is 6.10 Å². The number of amides is 1. The zero-order valence-electron chi connectivity index (χ0n) is 12.4. The minimum absolute atomic E-state index is 0.0471. The lowest BCUT2D eigenvalue weighted by atomic mass is 10.2. The van der Waals surface area contributed by atoms with Gasteiger partial charge in [0.15, 0.2) is 0 Å². The average Bonchev–Trinajstić information content (AvgIpc) is 2.49. The molecule has 21 heavy (non-hydrogen) atoms. The Labute approximate surface area is 124 Å². The summed E-state index contributed by atoms with van der Waals surface area (Å²) in [6.45, 7) is 1.03. The topological polar surface area (TPSA) is 85.6 Å². The lowest BCUT2D eigenvalue weighted by molar-refractivity contribution is -0.128. The van der Waals surface area contributed by atoms with Crippen LogP contribution in [0.1, 0.15) is 12.0 Å². The molecule has 6 heteroatoms. The number of nitrogens with one attached hydrogen (secondary N) is 1. The van der Waals surface area contributed by atoms with Gasteiger partial charge in [-0.05, 0) is 24.3 Å². The first-order chi connectivity index (χ1) is 10.0. The van der Waals surface area contributed by atoms with Crippen LogP contribution >= 0.6 is 0 Å². The molecule has 0 bridgehead atoms. The summed E-state index contributed by atoms with van der Waals surface area (Å²) in [7, 11) is 3.42. The van der Waals surface area contributed by atoms with Gasteiger partial charge in [0.1, 0.15) is 18.5 Å². The lowest BCUT2D eigenvalue weighted by Gasteiger charge is -2.14. The molecule has 0 saturated carbocycles. The molecule has 1 atom stereocenters. The van der Waals surface area contributed by atoms with Gasteiger partial charge in [-0.2, -0.15) is 5.26 Å². The van der Waals surface area contributed by atoms with Crippen LogP contribution in [0.15, 0.2) is 24.3 Å². The van der Waals surface area contributed by atoms with Crippen molar-refractivity contribution in [1.82, 2.24) is 10.2 Å². The van der Waals surface area contributed by atoms with Crippen LogP contribution in [0.5, 0.6) is 5.75 Å². The monoisotopic (exact) mass is 291 g/mol. The zero-order chi connectivity index (χ0) is 15.7. The average molecular weight is 291 g/mol. The van der Waals surface area contributed by atoms with Gasteiger partial charge < -0.3 is 20.1 Å². The van der Waals surface area contributed by atoms with E-state index in [0.29, 0.717) is 30.8 Å². The molecule has 0 spiro atoms. The standard InChI is InChI=1S/C15H21N3O3/c1-18(2)15(20)7-8-17-10-13(19)11-21-14-5-3-12(9-16)4-6-14/h3-6,13,17,19H,7-8,10-11H2,1-2H3. The maximum Gasteiger partial charge on any atom is 0.223 e. The zero-order valence-corrected chi connectivity index (χ0v) is 12.4. The molecule has 1 aromatic carbocycles. The van der Waals surface area contributed by atoms with Gasteiger partial charge in [-0.1, -0.05) is 0 Å². The second-order valence-electron chi connectivity index (χ2n) is 4.84. The van der Waals surface area contributed by atoms with Crippen LogP contribution in [0.2, 0.25) is 0 Å². The van der Waals surface area contributed by atoms with E-state index in [-0.39, 0.29) is 12.5 Å². The van der Waals surface area contributed by atoms with E-state index in [2.05, 4.69) is 5.32 Å². The minimum atomic E-state index is -0.657. The number of benzene rings is 1. The first-order valence-electron chi connectivity index (χ1n) is 6.75. The van der Waals surface area contributed by atoms with Crippen LogP contribution < -0.4 is 10.1 Å². The van der Waals surface area contributed by atoms with Crippen molar-refractivity contribution in [2.24, 2.45) is 0 Å². The van der Waals surface area contributed by atoms with E-state index >= 15 is 0 Å². The van der Waals surface area contributed by atoms with E-state index in [4.69, 9.17) is 10.00 Å². The molecule has 1 aromatic rings. The number of aliphatic hydroxyl groups excluding tert-OH is 1. The predicted molar refractivity (Wildman–Crippen MR) is 78.8 cm³/mol. The number of hydrogen-bond donors (Lipinski definition) is 2. The molecule has 6 nitrogen and oxygen atoms in total. The molecule has 0 fully saturated rings. The maximum absolute atomic E-state index is 11.3. The highest BCUT2D eigenvalue weighted by Crippen LogP contribution is 2.11. The lowest BCUT2D eigenvalue weighted by Crippen LogP contribution is -2.34. The quantitative estimate of drug-likeness (QED) is 0.676. The molecule has 0 aromatic heterocycles. The van der Waals surface area contributed by atoms with Gasteiger partial charge in [0.2, 0.25) is 5.91 Å². The normalized spacial score (nSPS) is 11.5. The van der Waals surface area contributed by atoms with Crippen molar-refractivity contribution in [2.75, 3.05) is 33.8 Å². The fourth-order valence-electron chi connectivity index (χ4n) is 1.56. The SMILES string of the molecule is CN(C)C(=O)CCNCC(O)COc1ccc(C#N)cc1. The summed E-state index contributed by atoms with van der Waals surface area (Å²) in [5.74, 6) is 0.654. The van der Waals surface area contributed by atoms with Crippen LogP contribution in [-0.2, 0) is 4.79 Å². The second kappa shape index (κ2) is 8.95. The summed E-state index contributed by atoms with van der Waals surface area (Å²) in [4.78, 5) is 12.9. The Morgan fingerprint density at radius 3 is 2.67 bits per heavy atom. The number of ether oxygens (including phenoxy) is 1. The molecule has 0 saturated heterocycles. The van der Waals surface area contributed by atoms with E-state index in [9.17, 15) is 9.90 Å². The number of carbonyl (C=O) groups excluding carboxylic acids is 1. The van der Waals surface area contributed by atoms with Crippen LogP contribution in [0.25, 0.3) is 0 Å². The Morgan fingerprint density at radius 2 is 2.10 bits per heavy atom. The van der Waals surface area contributed by atoms with Gasteiger partial charge >= 0.3 is 0 Å². The summed E-state index contributed by atoms with van der Waals surface area (Å²) in [5, 5.41) is 21.4. The van der Waals surface area contributed by atoms with Crippen LogP contribution in [0.3, 0.4) is 0 Å². The summed E-state index contributed by atoms with van der Waals surface area (Å²) in [6.07, 6.45) is -0.258. The number of hydrogen-bond acceptors (Lipinski definition) is 5. The van der Waals surface area contributed by atoms with Gasteiger partial charge in [-0.3, -0.25) is 4.79 Å². The molecule has 0 aliphatic carbocycles. The third-order valence-corrected chi connectivity index (χ3v) is 2.82. The molecule has 0 heterocycles. The Bertz CT molecular complexity index is 480. The van der Waals surface area contributed by atoms with Crippen molar-refractivity contribution in [3.05, 3.63) is 29.8 Å². The van der Waals surface area contributed by atoms with Gasteiger partial charge in [0.25, 0.3) is 0 Å². The fourth-order valence-corrected chi connectivity index (χ4v) is 1.56.